The minimum Gasteiger partial charge on any atom is -0.508 e. The number of ether oxygens (including phenoxy) is 1. The number of pyridine rings is 2. The average Bonchev–Trinajstić information content (AvgIpc) is 2.79. The molecule has 0 saturated carbocycles. The van der Waals surface area contributed by atoms with Crippen LogP contribution in [0.15, 0.2) is 47.4 Å². The van der Waals surface area contributed by atoms with E-state index in [1.165, 1.54) is 28.8 Å². The summed E-state index contributed by atoms with van der Waals surface area (Å²) in [6, 6.07) is 9.29. The Kier molecular flexibility index (Phi) is 6.15. The van der Waals surface area contributed by atoms with Crippen LogP contribution in [0.5, 0.6) is 5.75 Å². The quantitative estimate of drug-likeness (QED) is 0.553. The standard InChI is InChI=1S/C22H25N5O4/c1-26-19-13-20(23-6-7-27-8-10-31-11-9-27)24-14-16(19)12-18(22(26)30)25-21(29)15-2-4-17(28)5-3-15/h2-5,12-14,28H,6-11H2,1H3,(H,23,24)(H,25,29). The number of hydrogen-bond acceptors (Lipinski definition) is 7. The number of nitrogens with zero attached hydrogens (tertiary/aromatic N) is 3. The van der Waals surface area contributed by atoms with E-state index < -0.39 is 5.91 Å². The van der Waals surface area contributed by atoms with Gasteiger partial charge in [0.2, 0.25) is 0 Å². The number of rotatable bonds is 6. The molecule has 3 heterocycles. The molecule has 1 aliphatic heterocycles. The molecular formula is C22H25N5O4. The number of fused-ring (bicyclic) bond motifs is 1. The molecular weight excluding hydrogens is 398 g/mol. The lowest BCUT2D eigenvalue weighted by Crippen LogP contribution is -2.39. The van der Waals surface area contributed by atoms with E-state index in [2.05, 4.69) is 20.5 Å². The van der Waals surface area contributed by atoms with Crippen LogP contribution < -0.4 is 16.2 Å². The summed E-state index contributed by atoms with van der Waals surface area (Å²) >= 11 is 0. The van der Waals surface area contributed by atoms with E-state index >= 15 is 0 Å². The lowest BCUT2D eigenvalue weighted by molar-refractivity contribution is 0.0398. The molecule has 3 N–H and O–H groups in total. The monoisotopic (exact) mass is 423 g/mol. The van der Waals surface area contributed by atoms with Gasteiger partial charge in [0.15, 0.2) is 0 Å². The molecule has 1 fully saturated rings. The molecule has 1 aliphatic rings. The molecule has 0 atom stereocenters. The number of carbonyl (C=O) groups is 1. The number of phenols is 1. The number of anilines is 2. The van der Waals surface area contributed by atoms with Crippen molar-refractivity contribution in [2.24, 2.45) is 7.05 Å². The highest BCUT2D eigenvalue weighted by Crippen LogP contribution is 2.19. The fraction of sp³-hybridized carbons (Fsp3) is 0.318. The molecule has 1 aromatic carbocycles. The summed E-state index contributed by atoms with van der Waals surface area (Å²) in [5.41, 5.74) is 0.919. The highest BCUT2D eigenvalue weighted by atomic mass is 16.5. The van der Waals surface area contributed by atoms with E-state index in [1.54, 1.807) is 19.3 Å². The first-order valence-corrected chi connectivity index (χ1v) is 10.2. The average molecular weight is 423 g/mol. The van der Waals surface area contributed by atoms with Gasteiger partial charge in [0, 0.05) is 56.4 Å². The Morgan fingerprint density at radius 1 is 1.19 bits per heavy atom. The van der Waals surface area contributed by atoms with E-state index in [0.29, 0.717) is 11.4 Å². The topological polar surface area (TPSA) is 109 Å². The molecule has 1 amide bonds. The van der Waals surface area contributed by atoms with Gasteiger partial charge in [-0.05, 0) is 30.3 Å². The van der Waals surface area contributed by atoms with Gasteiger partial charge in [-0.2, -0.15) is 0 Å². The molecule has 9 heteroatoms. The second kappa shape index (κ2) is 9.15. The summed E-state index contributed by atoms with van der Waals surface area (Å²) in [5, 5.41) is 16.1. The molecule has 1 saturated heterocycles. The predicted octanol–water partition coefficient (Wildman–Crippen LogP) is 1.64. The van der Waals surface area contributed by atoms with Gasteiger partial charge in [-0.15, -0.1) is 0 Å². The molecule has 9 nitrogen and oxygen atoms in total. The third-order valence-corrected chi connectivity index (χ3v) is 5.32. The molecule has 0 unspecified atom stereocenters. The number of morpholine rings is 1. The Morgan fingerprint density at radius 3 is 2.68 bits per heavy atom. The molecule has 2 aromatic heterocycles. The summed E-state index contributed by atoms with van der Waals surface area (Å²) in [4.78, 5) is 32.0. The summed E-state index contributed by atoms with van der Waals surface area (Å²) in [6.07, 6.45) is 1.68. The number of aromatic nitrogens is 2. The fourth-order valence-electron chi connectivity index (χ4n) is 3.52. The maximum absolute atomic E-state index is 12.8. The smallest absolute Gasteiger partial charge is 0.274 e. The first-order valence-electron chi connectivity index (χ1n) is 10.2. The van der Waals surface area contributed by atoms with Crippen molar-refractivity contribution >= 4 is 28.3 Å². The molecule has 4 rings (SSSR count). The number of aryl methyl sites for hydroxylation is 1. The van der Waals surface area contributed by atoms with Crippen LogP contribution in [-0.4, -0.2) is 64.9 Å². The second-order valence-corrected chi connectivity index (χ2v) is 7.43. The van der Waals surface area contributed by atoms with Crippen molar-refractivity contribution in [3.63, 3.8) is 0 Å². The van der Waals surface area contributed by atoms with Gasteiger partial charge in [0.25, 0.3) is 11.5 Å². The third-order valence-electron chi connectivity index (χ3n) is 5.32. The van der Waals surface area contributed by atoms with Gasteiger partial charge in [-0.1, -0.05) is 0 Å². The van der Waals surface area contributed by atoms with Gasteiger partial charge in [0.05, 0.1) is 18.7 Å². The number of amides is 1. The number of benzene rings is 1. The fourth-order valence-corrected chi connectivity index (χ4v) is 3.52. The van der Waals surface area contributed by atoms with Crippen LogP contribution in [0.25, 0.3) is 10.9 Å². The van der Waals surface area contributed by atoms with Gasteiger partial charge < -0.3 is 25.0 Å². The van der Waals surface area contributed by atoms with E-state index in [4.69, 9.17) is 4.74 Å². The summed E-state index contributed by atoms with van der Waals surface area (Å²) in [5.74, 6) is 0.334. The molecule has 0 bridgehead atoms. The number of phenolic OH excluding ortho intramolecular Hbond substituents is 1. The zero-order valence-electron chi connectivity index (χ0n) is 17.3. The molecule has 162 valence electrons. The van der Waals surface area contributed by atoms with Crippen LogP contribution in [-0.2, 0) is 11.8 Å². The molecule has 3 aromatic rings. The second-order valence-electron chi connectivity index (χ2n) is 7.43. The number of aromatic hydroxyl groups is 1. The van der Waals surface area contributed by atoms with Crippen molar-refractivity contribution in [1.82, 2.24) is 14.5 Å². The summed E-state index contributed by atoms with van der Waals surface area (Å²) in [7, 11) is 1.67. The van der Waals surface area contributed by atoms with Crippen molar-refractivity contribution in [3.8, 4) is 5.75 Å². The Hall–Kier alpha value is -3.43. The minimum absolute atomic E-state index is 0.0682. The molecule has 0 radical (unpaired) electrons. The van der Waals surface area contributed by atoms with Crippen molar-refractivity contribution in [1.29, 1.82) is 0 Å². The van der Waals surface area contributed by atoms with E-state index in [1.807, 2.05) is 6.07 Å². The van der Waals surface area contributed by atoms with Crippen LogP contribution in [0.3, 0.4) is 0 Å². The zero-order valence-corrected chi connectivity index (χ0v) is 17.3. The molecule has 0 spiro atoms. The molecule has 31 heavy (non-hydrogen) atoms. The number of nitrogens with one attached hydrogen (secondary N) is 2. The van der Waals surface area contributed by atoms with Crippen molar-refractivity contribution in [2.75, 3.05) is 50.0 Å². The normalized spacial score (nSPS) is 14.5. The third kappa shape index (κ3) is 4.84. The van der Waals surface area contributed by atoms with E-state index in [0.717, 1.165) is 50.3 Å². The van der Waals surface area contributed by atoms with Crippen molar-refractivity contribution in [3.05, 3.63) is 58.5 Å². The van der Waals surface area contributed by atoms with Crippen LogP contribution >= 0.6 is 0 Å². The largest absolute Gasteiger partial charge is 0.508 e. The summed E-state index contributed by atoms with van der Waals surface area (Å²) < 4.78 is 6.85. The Labute approximate surface area is 179 Å². The highest BCUT2D eigenvalue weighted by molar-refractivity contribution is 6.05. The van der Waals surface area contributed by atoms with Gasteiger partial charge >= 0.3 is 0 Å². The van der Waals surface area contributed by atoms with Crippen LogP contribution in [0, 0.1) is 0 Å². The SMILES string of the molecule is Cn1c(=O)c(NC(=O)c2ccc(O)cc2)cc2cnc(NCCN3CCOCC3)cc21. The Bertz CT molecular complexity index is 1140. The molecule has 0 aliphatic carbocycles. The van der Waals surface area contributed by atoms with Crippen LogP contribution in [0.1, 0.15) is 10.4 Å². The van der Waals surface area contributed by atoms with Crippen molar-refractivity contribution in [2.45, 2.75) is 0 Å². The van der Waals surface area contributed by atoms with Crippen molar-refractivity contribution < 1.29 is 14.6 Å². The first-order chi connectivity index (χ1) is 15.0. The van der Waals surface area contributed by atoms with E-state index in [-0.39, 0.29) is 17.0 Å². The summed E-state index contributed by atoms with van der Waals surface area (Å²) in [6.45, 7) is 5.03. The lowest BCUT2D eigenvalue weighted by atomic mass is 10.2. The van der Waals surface area contributed by atoms with Gasteiger partial charge in [-0.3, -0.25) is 14.5 Å². The highest BCUT2D eigenvalue weighted by Gasteiger charge is 2.13. The maximum atomic E-state index is 12.8. The van der Waals surface area contributed by atoms with E-state index in [9.17, 15) is 14.7 Å². The van der Waals surface area contributed by atoms with Crippen LogP contribution in [0.2, 0.25) is 0 Å². The first kappa shape index (κ1) is 20.8. The zero-order chi connectivity index (χ0) is 21.8. The van der Waals surface area contributed by atoms with Crippen LogP contribution in [0.4, 0.5) is 11.5 Å². The Morgan fingerprint density at radius 2 is 1.94 bits per heavy atom. The maximum Gasteiger partial charge on any atom is 0.274 e. The Balaban J connectivity index is 1.49. The van der Waals surface area contributed by atoms with Gasteiger partial charge in [0.1, 0.15) is 17.3 Å². The predicted molar refractivity (Wildman–Crippen MR) is 119 cm³/mol. The lowest BCUT2D eigenvalue weighted by Gasteiger charge is -2.26. The minimum atomic E-state index is -0.425. The number of hydrogen-bond donors (Lipinski definition) is 3. The number of carbonyl (C=O) groups excluding carboxylic acids is 1. The van der Waals surface area contributed by atoms with Gasteiger partial charge in [-0.25, -0.2) is 4.98 Å².